The number of hydrogen-bond donors (Lipinski definition) is 1. The molecule has 0 fully saturated rings. The van der Waals surface area contributed by atoms with Crippen LogP contribution in [-0.2, 0) is 0 Å². The van der Waals surface area contributed by atoms with Gasteiger partial charge < -0.3 is 10.1 Å². The number of aromatic nitrogens is 1. The van der Waals surface area contributed by atoms with Crippen molar-refractivity contribution < 1.29 is 4.74 Å². The highest BCUT2D eigenvalue weighted by atomic mass is 79.9. The maximum absolute atomic E-state index is 5.65. The molecular formula is C13H13BrN2O. The van der Waals surface area contributed by atoms with Gasteiger partial charge in [-0.1, -0.05) is 0 Å². The first-order valence-electron chi connectivity index (χ1n) is 5.28. The van der Waals surface area contributed by atoms with E-state index in [9.17, 15) is 0 Å². The Morgan fingerprint density at radius 3 is 2.41 bits per heavy atom. The monoisotopic (exact) mass is 292 g/mol. The van der Waals surface area contributed by atoms with Crippen molar-refractivity contribution in [1.82, 2.24) is 4.98 Å². The molecule has 4 heteroatoms. The fourth-order valence-corrected chi connectivity index (χ4v) is 1.61. The van der Waals surface area contributed by atoms with E-state index in [0.29, 0.717) is 5.88 Å². The molecule has 1 heterocycles. The van der Waals surface area contributed by atoms with E-state index in [-0.39, 0.29) is 0 Å². The highest BCUT2D eigenvalue weighted by Crippen LogP contribution is 2.23. The van der Waals surface area contributed by atoms with E-state index in [2.05, 4.69) is 26.2 Å². The average molecular weight is 293 g/mol. The number of rotatable bonds is 3. The molecule has 17 heavy (non-hydrogen) atoms. The fourth-order valence-electron chi connectivity index (χ4n) is 1.39. The smallest absolute Gasteiger partial charge is 0.219 e. The molecule has 0 radical (unpaired) electrons. The predicted molar refractivity (Wildman–Crippen MR) is 72.7 cm³/mol. The van der Waals surface area contributed by atoms with E-state index in [0.717, 1.165) is 21.6 Å². The minimum Gasteiger partial charge on any atom is -0.439 e. The van der Waals surface area contributed by atoms with Crippen LogP contribution in [0.4, 0.5) is 5.69 Å². The third kappa shape index (κ3) is 2.97. The van der Waals surface area contributed by atoms with Crippen LogP contribution < -0.4 is 10.1 Å². The summed E-state index contributed by atoms with van der Waals surface area (Å²) in [7, 11) is 1.88. The van der Waals surface area contributed by atoms with E-state index in [1.165, 1.54) is 0 Å². The molecule has 0 bridgehead atoms. The zero-order chi connectivity index (χ0) is 12.3. The molecule has 1 aromatic heterocycles. The molecule has 2 aromatic rings. The van der Waals surface area contributed by atoms with Gasteiger partial charge in [-0.05, 0) is 53.2 Å². The first-order valence-corrected chi connectivity index (χ1v) is 6.07. The third-order valence-electron chi connectivity index (χ3n) is 2.36. The number of nitrogens with zero attached hydrogens (tertiary/aromatic N) is 1. The topological polar surface area (TPSA) is 34.1 Å². The standard InChI is InChI=1S/C13H13BrN2O/c1-9-12(14)7-8-13(16-9)17-11-5-3-10(15-2)4-6-11/h3-8,15H,1-2H3. The van der Waals surface area contributed by atoms with E-state index in [1.807, 2.05) is 50.4 Å². The molecule has 0 atom stereocenters. The molecule has 1 aromatic carbocycles. The van der Waals surface area contributed by atoms with Gasteiger partial charge in [0, 0.05) is 23.3 Å². The maximum Gasteiger partial charge on any atom is 0.219 e. The maximum atomic E-state index is 5.65. The second-order valence-corrected chi connectivity index (χ2v) is 4.45. The van der Waals surface area contributed by atoms with Crippen LogP contribution in [0.25, 0.3) is 0 Å². The second-order valence-electron chi connectivity index (χ2n) is 3.59. The predicted octanol–water partition coefficient (Wildman–Crippen LogP) is 3.99. The van der Waals surface area contributed by atoms with Crippen molar-refractivity contribution in [2.24, 2.45) is 0 Å². The van der Waals surface area contributed by atoms with Crippen LogP contribution in [0.3, 0.4) is 0 Å². The van der Waals surface area contributed by atoms with Crippen molar-refractivity contribution >= 4 is 21.6 Å². The molecule has 0 unspecified atom stereocenters. The number of aryl methyl sites for hydroxylation is 1. The number of halogens is 1. The first kappa shape index (κ1) is 11.9. The average Bonchev–Trinajstić information content (AvgIpc) is 2.35. The van der Waals surface area contributed by atoms with Crippen molar-refractivity contribution in [3.8, 4) is 11.6 Å². The highest BCUT2D eigenvalue weighted by molar-refractivity contribution is 9.10. The Morgan fingerprint density at radius 1 is 1.12 bits per heavy atom. The van der Waals surface area contributed by atoms with Crippen molar-refractivity contribution in [2.75, 3.05) is 12.4 Å². The lowest BCUT2D eigenvalue weighted by atomic mass is 10.3. The molecule has 1 N–H and O–H groups in total. The molecule has 0 amide bonds. The van der Waals surface area contributed by atoms with E-state index >= 15 is 0 Å². The normalized spacial score (nSPS) is 10.1. The molecule has 0 saturated carbocycles. The quantitative estimate of drug-likeness (QED) is 0.929. The summed E-state index contributed by atoms with van der Waals surface area (Å²) in [4.78, 5) is 4.33. The lowest BCUT2D eigenvalue weighted by Gasteiger charge is -2.07. The molecule has 0 aliphatic carbocycles. The molecular weight excluding hydrogens is 280 g/mol. The number of nitrogens with one attached hydrogen (secondary N) is 1. The van der Waals surface area contributed by atoms with Gasteiger partial charge in [-0.15, -0.1) is 0 Å². The third-order valence-corrected chi connectivity index (χ3v) is 3.20. The minimum atomic E-state index is 0.600. The van der Waals surface area contributed by atoms with Crippen molar-refractivity contribution in [2.45, 2.75) is 6.92 Å². The lowest BCUT2D eigenvalue weighted by molar-refractivity contribution is 0.461. The summed E-state index contributed by atoms with van der Waals surface area (Å²) in [6, 6.07) is 11.5. The lowest BCUT2D eigenvalue weighted by Crippen LogP contribution is -1.91. The van der Waals surface area contributed by atoms with Gasteiger partial charge in [0.05, 0.1) is 5.69 Å². The van der Waals surface area contributed by atoms with Crippen LogP contribution in [0.2, 0.25) is 0 Å². The van der Waals surface area contributed by atoms with Crippen molar-refractivity contribution in [1.29, 1.82) is 0 Å². The van der Waals surface area contributed by atoms with Crippen molar-refractivity contribution in [3.63, 3.8) is 0 Å². The molecule has 0 aliphatic rings. The Bertz CT molecular complexity index is 511. The summed E-state index contributed by atoms with van der Waals surface area (Å²) in [5, 5.41) is 3.06. The zero-order valence-electron chi connectivity index (χ0n) is 9.70. The van der Waals surface area contributed by atoms with Gasteiger partial charge in [0.2, 0.25) is 5.88 Å². The van der Waals surface area contributed by atoms with E-state index in [4.69, 9.17) is 4.74 Å². The zero-order valence-corrected chi connectivity index (χ0v) is 11.3. The Balaban J connectivity index is 2.16. The van der Waals surface area contributed by atoms with Crippen LogP contribution in [0, 0.1) is 6.92 Å². The summed E-state index contributed by atoms with van der Waals surface area (Å²) in [5.41, 5.74) is 1.96. The van der Waals surface area contributed by atoms with Crippen LogP contribution >= 0.6 is 15.9 Å². The Hall–Kier alpha value is -1.55. The Kier molecular flexibility index (Phi) is 3.64. The largest absolute Gasteiger partial charge is 0.439 e. The molecule has 2 rings (SSSR count). The van der Waals surface area contributed by atoms with Crippen LogP contribution in [0.1, 0.15) is 5.69 Å². The molecule has 0 spiro atoms. The molecule has 88 valence electrons. The van der Waals surface area contributed by atoms with E-state index in [1.54, 1.807) is 0 Å². The van der Waals surface area contributed by atoms with Gasteiger partial charge in [-0.2, -0.15) is 0 Å². The molecule has 3 nitrogen and oxygen atoms in total. The summed E-state index contributed by atoms with van der Waals surface area (Å²) >= 11 is 3.41. The Morgan fingerprint density at radius 2 is 1.82 bits per heavy atom. The number of pyridine rings is 1. The number of ether oxygens (including phenoxy) is 1. The first-order chi connectivity index (χ1) is 8.19. The number of anilines is 1. The van der Waals surface area contributed by atoms with Gasteiger partial charge in [0.1, 0.15) is 5.75 Å². The number of hydrogen-bond acceptors (Lipinski definition) is 3. The van der Waals surface area contributed by atoms with Gasteiger partial charge in [-0.3, -0.25) is 0 Å². The van der Waals surface area contributed by atoms with Gasteiger partial charge in [0.15, 0.2) is 0 Å². The summed E-state index contributed by atoms with van der Waals surface area (Å²) in [6.45, 7) is 1.93. The Labute approximate surface area is 109 Å². The highest BCUT2D eigenvalue weighted by Gasteiger charge is 2.01. The number of benzene rings is 1. The van der Waals surface area contributed by atoms with E-state index < -0.39 is 0 Å². The summed E-state index contributed by atoms with van der Waals surface area (Å²) in [6.07, 6.45) is 0. The molecule has 0 aliphatic heterocycles. The van der Waals surface area contributed by atoms with Gasteiger partial charge in [-0.25, -0.2) is 4.98 Å². The summed E-state index contributed by atoms with van der Waals surface area (Å²) < 4.78 is 6.64. The van der Waals surface area contributed by atoms with Crippen molar-refractivity contribution in [3.05, 3.63) is 46.6 Å². The summed E-state index contributed by atoms with van der Waals surface area (Å²) in [5.74, 6) is 1.38. The minimum absolute atomic E-state index is 0.600. The van der Waals surface area contributed by atoms with Crippen LogP contribution in [0.15, 0.2) is 40.9 Å². The van der Waals surface area contributed by atoms with Gasteiger partial charge >= 0.3 is 0 Å². The second kappa shape index (κ2) is 5.19. The fraction of sp³-hybridized carbons (Fsp3) is 0.154. The molecule has 0 saturated heterocycles. The van der Waals surface area contributed by atoms with Gasteiger partial charge in [0.25, 0.3) is 0 Å². The SMILES string of the molecule is CNc1ccc(Oc2ccc(Br)c(C)n2)cc1. The van der Waals surface area contributed by atoms with Crippen LogP contribution in [-0.4, -0.2) is 12.0 Å². The van der Waals surface area contributed by atoms with Crippen LogP contribution in [0.5, 0.6) is 11.6 Å².